The molecule has 3 heteroatoms. The van der Waals surface area contributed by atoms with Crippen LogP contribution in [0.25, 0.3) is 0 Å². The fourth-order valence-electron chi connectivity index (χ4n) is 1.98. The van der Waals surface area contributed by atoms with Gasteiger partial charge in [0.25, 0.3) is 0 Å². The summed E-state index contributed by atoms with van der Waals surface area (Å²) >= 11 is 2.03. The molecule has 2 unspecified atom stereocenters. The van der Waals surface area contributed by atoms with Gasteiger partial charge in [0, 0.05) is 17.2 Å². The lowest BCUT2D eigenvalue weighted by Gasteiger charge is -2.35. The zero-order valence-corrected chi connectivity index (χ0v) is 8.83. The first-order valence-electron chi connectivity index (χ1n) is 4.55. The van der Waals surface area contributed by atoms with Gasteiger partial charge in [0.05, 0.1) is 18.1 Å². The molecule has 2 nitrogen and oxygen atoms in total. The van der Waals surface area contributed by atoms with E-state index in [1.807, 2.05) is 11.8 Å². The number of ether oxygens (including phenoxy) is 1. The fraction of sp³-hybridized carbons (Fsp3) is 1.00. The molecule has 2 heterocycles. The molecule has 2 aliphatic rings. The lowest BCUT2D eigenvalue weighted by atomic mass is 9.87. The molecule has 0 aromatic carbocycles. The van der Waals surface area contributed by atoms with E-state index >= 15 is 0 Å². The molecule has 0 bridgehead atoms. The molecule has 0 radical (unpaired) electrons. The Hall–Kier alpha value is 0.270. The van der Waals surface area contributed by atoms with Crippen molar-refractivity contribution in [3.8, 4) is 0 Å². The SMILES string of the molecule is CC1CSC2(COCC2(C)C)N1. The third-order valence-corrected chi connectivity index (χ3v) is 4.87. The number of thioether (sulfide) groups is 1. The van der Waals surface area contributed by atoms with Crippen molar-refractivity contribution in [3.05, 3.63) is 0 Å². The van der Waals surface area contributed by atoms with E-state index in [2.05, 4.69) is 26.1 Å². The normalized spacial score (nSPS) is 45.8. The van der Waals surface area contributed by atoms with E-state index < -0.39 is 0 Å². The van der Waals surface area contributed by atoms with Crippen molar-refractivity contribution in [2.75, 3.05) is 19.0 Å². The van der Waals surface area contributed by atoms with Gasteiger partial charge in [-0.15, -0.1) is 11.8 Å². The van der Waals surface area contributed by atoms with Crippen molar-refractivity contribution >= 4 is 11.8 Å². The summed E-state index contributed by atoms with van der Waals surface area (Å²) in [5, 5.41) is 3.66. The Morgan fingerprint density at radius 1 is 1.42 bits per heavy atom. The monoisotopic (exact) mass is 187 g/mol. The van der Waals surface area contributed by atoms with Gasteiger partial charge in [0.2, 0.25) is 0 Å². The van der Waals surface area contributed by atoms with Gasteiger partial charge in [-0.3, -0.25) is 5.32 Å². The summed E-state index contributed by atoms with van der Waals surface area (Å²) in [4.78, 5) is 0.201. The van der Waals surface area contributed by atoms with Crippen LogP contribution >= 0.6 is 11.8 Å². The van der Waals surface area contributed by atoms with Crippen LogP contribution in [0.4, 0.5) is 0 Å². The van der Waals surface area contributed by atoms with Crippen molar-refractivity contribution in [2.24, 2.45) is 5.41 Å². The first-order chi connectivity index (χ1) is 5.56. The minimum atomic E-state index is 0.201. The van der Waals surface area contributed by atoms with Gasteiger partial charge in [0.1, 0.15) is 0 Å². The average Bonchev–Trinajstić information content (AvgIpc) is 2.43. The van der Waals surface area contributed by atoms with E-state index in [9.17, 15) is 0 Å². The summed E-state index contributed by atoms with van der Waals surface area (Å²) in [6.45, 7) is 8.58. The van der Waals surface area contributed by atoms with Crippen LogP contribution in [0.5, 0.6) is 0 Å². The molecule has 1 spiro atoms. The number of hydrogen-bond acceptors (Lipinski definition) is 3. The van der Waals surface area contributed by atoms with Crippen molar-refractivity contribution in [3.63, 3.8) is 0 Å². The Bertz CT molecular complexity index is 195. The molecular formula is C9H17NOS. The van der Waals surface area contributed by atoms with Crippen molar-refractivity contribution in [1.82, 2.24) is 5.32 Å². The van der Waals surface area contributed by atoms with Crippen LogP contribution in [0.1, 0.15) is 20.8 Å². The van der Waals surface area contributed by atoms with Crippen molar-refractivity contribution in [1.29, 1.82) is 0 Å². The van der Waals surface area contributed by atoms with Gasteiger partial charge < -0.3 is 4.74 Å². The van der Waals surface area contributed by atoms with E-state index in [1.54, 1.807) is 0 Å². The standard InChI is InChI=1S/C9H17NOS/c1-7-4-12-9(10-7)6-11-5-8(9,2)3/h7,10H,4-6H2,1-3H3. The fourth-order valence-corrected chi connectivity index (χ4v) is 3.50. The Labute approximate surface area is 78.4 Å². The predicted molar refractivity (Wildman–Crippen MR) is 52.4 cm³/mol. The van der Waals surface area contributed by atoms with Crippen LogP contribution in [0.2, 0.25) is 0 Å². The molecule has 2 saturated heterocycles. The second kappa shape index (κ2) is 2.63. The van der Waals surface area contributed by atoms with Gasteiger partial charge in [-0.1, -0.05) is 13.8 Å². The van der Waals surface area contributed by atoms with E-state index in [-0.39, 0.29) is 10.3 Å². The highest BCUT2D eigenvalue weighted by molar-refractivity contribution is 8.01. The third-order valence-electron chi connectivity index (χ3n) is 2.92. The van der Waals surface area contributed by atoms with E-state index in [4.69, 9.17) is 4.74 Å². The number of hydrogen-bond donors (Lipinski definition) is 1. The molecule has 0 aromatic rings. The highest BCUT2D eigenvalue weighted by Gasteiger charge is 2.53. The molecular weight excluding hydrogens is 170 g/mol. The Kier molecular flexibility index (Phi) is 1.94. The molecule has 2 aliphatic heterocycles. The smallest absolute Gasteiger partial charge is 0.0957 e. The second-order valence-electron chi connectivity index (χ2n) is 4.56. The quantitative estimate of drug-likeness (QED) is 0.620. The van der Waals surface area contributed by atoms with Gasteiger partial charge >= 0.3 is 0 Å². The van der Waals surface area contributed by atoms with E-state index in [1.165, 1.54) is 5.75 Å². The third kappa shape index (κ3) is 1.10. The molecule has 70 valence electrons. The van der Waals surface area contributed by atoms with Crippen LogP contribution in [0.15, 0.2) is 0 Å². The van der Waals surface area contributed by atoms with Crippen LogP contribution in [-0.2, 0) is 4.74 Å². The molecule has 0 aromatic heterocycles. The molecule has 0 saturated carbocycles. The van der Waals surface area contributed by atoms with Gasteiger partial charge in [0.15, 0.2) is 0 Å². The van der Waals surface area contributed by atoms with Gasteiger partial charge in [-0.2, -0.15) is 0 Å². The van der Waals surface area contributed by atoms with Crippen LogP contribution in [-0.4, -0.2) is 29.9 Å². The molecule has 2 rings (SSSR count). The number of rotatable bonds is 0. The largest absolute Gasteiger partial charge is 0.378 e. The predicted octanol–water partition coefficient (Wildman–Crippen LogP) is 1.46. The van der Waals surface area contributed by atoms with Crippen LogP contribution in [0, 0.1) is 5.41 Å². The van der Waals surface area contributed by atoms with Crippen LogP contribution < -0.4 is 5.32 Å². The van der Waals surface area contributed by atoms with Gasteiger partial charge in [-0.05, 0) is 6.92 Å². The Morgan fingerprint density at radius 2 is 2.17 bits per heavy atom. The maximum Gasteiger partial charge on any atom is 0.0957 e. The summed E-state index contributed by atoms with van der Waals surface area (Å²) in [6.07, 6.45) is 0. The maximum absolute atomic E-state index is 5.56. The molecule has 0 amide bonds. The molecule has 2 atom stereocenters. The molecule has 0 aliphatic carbocycles. The highest BCUT2D eigenvalue weighted by atomic mass is 32.2. The van der Waals surface area contributed by atoms with Crippen molar-refractivity contribution in [2.45, 2.75) is 31.7 Å². The Morgan fingerprint density at radius 3 is 2.58 bits per heavy atom. The lowest BCUT2D eigenvalue weighted by molar-refractivity contribution is 0.166. The first kappa shape index (κ1) is 8.85. The molecule has 2 fully saturated rings. The summed E-state index contributed by atoms with van der Waals surface area (Å²) in [5.74, 6) is 1.22. The molecule has 1 N–H and O–H groups in total. The van der Waals surface area contributed by atoms with E-state index in [0.717, 1.165) is 13.2 Å². The van der Waals surface area contributed by atoms with Crippen molar-refractivity contribution < 1.29 is 4.74 Å². The van der Waals surface area contributed by atoms with E-state index in [0.29, 0.717) is 6.04 Å². The summed E-state index contributed by atoms with van der Waals surface area (Å²) in [6, 6.07) is 0.635. The summed E-state index contributed by atoms with van der Waals surface area (Å²) < 4.78 is 5.56. The zero-order valence-electron chi connectivity index (χ0n) is 8.02. The highest BCUT2D eigenvalue weighted by Crippen LogP contribution is 2.48. The number of nitrogens with one attached hydrogen (secondary N) is 1. The average molecular weight is 187 g/mol. The minimum absolute atomic E-state index is 0.201. The summed E-state index contributed by atoms with van der Waals surface area (Å²) in [7, 11) is 0. The van der Waals surface area contributed by atoms with Crippen LogP contribution in [0.3, 0.4) is 0 Å². The van der Waals surface area contributed by atoms with Gasteiger partial charge in [-0.25, -0.2) is 0 Å². The zero-order chi connectivity index (χ0) is 8.82. The summed E-state index contributed by atoms with van der Waals surface area (Å²) in [5.41, 5.74) is 0.280. The minimum Gasteiger partial charge on any atom is -0.378 e. The molecule has 12 heavy (non-hydrogen) atoms. The Balaban J connectivity index is 2.20. The second-order valence-corrected chi connectivity index (χ2v) is 5.88. The first-order valence-corrected chi connectivity index (χ1v) is 5.54. The topological polar surface area (TPSA) is 21.3 Å². The lowest BCUT2D eigenvalue weighted by Crippen LogP contribution is -2.51. The maximum atomic E-state index is 5.56.